The Morgan fingerprint density at radius 1 is 1.25 bits per heavy atom. The molecule has 24 heavy (non-hydrogen) atoms. The van der Waals surface area contributed by atoms with E-state index in [0.717, 1.165) is 6.07 Å². The monoisotopic (exact) mass is 346 g/mol. The van der Waals surface area contributed by atoms with Gasteiger partial charge in [-0.3, -0.25) is 10.1 Å². The predicted molar refractivity (Wildman–Crippen MR) is 85.1 cm³/mol. The SMILES string of the molecule is O=C1OC(c2ccc(Cl)c([N+](=O)[O-])c2)=N/C1=C\c1ccccc1F. The number of aliphatic imine (C=N–C) groups is 1. The summed E-state index contributed by atoms with van der Waals surface area (Å²) in [5.74, 6) is -1.39. The zero-order valence-electron chi connectivity index (χ0n) is 11.9. The zero-order chi connectivity index (χ0) is 17.3. The number of carbonyl (C=O) groups is 1. The van der Waals surface area contributed by atoms with Crippen molar-refractivity contribution in [3.05, 3.63) is 80.2 Å². The van der Waals surface area contributed by atoms with E-state index < -0.39 is 16.7 Å². The van der Waals surface area contributed by atoms with Crippen molar-refractivity contribution in [2.75, 3.05) is 0 Å². The molecule has 6 nitrogen and oxygen atoms in total. The van der Waals surface area contributed by atoms with Crippen molar-refractivity contribution in [1.82, 2.24) is 0 Å². The average molecular weight is 347 g/mol. The van der Waals surface area contributed by atoms with Gasteiger partial charge in [0, 0.05) is 17.2 Å². The van der Waals surface area contributed by atoms with E-state index in [-0.39, 0.29) is 33.4 Å². The molecule has 2 aromatic carbocycles. The van der Waals surface area contributed by atoms with E-state index in [1.165, 1.54) is 36.4 Å². The highest BCUT2D eigenvalue weighted by Crippen LogP contribution is 2.27. The van der Waals surface area contributed by atoms with Gasteiger partial charge in [-0.15, -0.1) is 0 Å². The van der Waals surface area contributed by atoms with Gasteiger partial charge in [-0.2, -0.15) is 0 Å². The van der Waals surface area contributed by atoms with Crippen LogP contribution in [0.15, 0.2) is 53.2 Å². The lowest BCUT2D eigenvalue weighted by molar-refractivity contribution is -0.384. The van der Waals surface area contributed by atoms with Crippen molar-refractivity contribution >= 4 is 35.2 Å². The van der Waals surface area contributed by atoms with Gasteiger partial charge in [-0.1, -0.05) is 29.8 Å². The van der Waals surface area contributed by atoms with Crippen LogP contribution in [0.25, 0.3) is 6.08 Å². The van der Waals surface area contributed by atoms with Gasteiger partial charge in [0.15, 0.2) is 5.70 Å². The van der Waals surface area contributed by atoms with E-state index in [0.29, 0.717) is 0 Å². The summed E-state index contributed by atoms with van der Waals surface area (Å²) < 4.78 is 18.6. The molecule has 0 amide bonds. The van der Waals surface area contributed by atoms with Crippen LogP contribution in [0.5, 0.6) is 0 Å². The molecule has 0 bridgehead atoms. The Bertz CT molecular complexity index is 924. The molecule has 0 unspecified atom stereocenters. The molecule has 1 aliphatic heterocycles. The van der Waals surface area contributed by atoms with Gasteiger partial charge in [0.05, 0.1) is 4.92 Å². The fourth-order valence-corrected chi connectivity index (χ4v) is 2.24. The smallest absolute Gasteiger partial charge is 0.363 e. The van der Waals surface area contributed by atoms with E-state index in [2.05, 4.69) is 4.99 Å². The van der Waals surface area contributed by atoms with Crippen LogP contribution in [0.1, 0.15) is 11.1 Å². The second kappa shape index (κ2) is 6.21. The number of halogens is 2. The highest BCUT2D eigenvalue weighted by molar-refractivity contribution is 6.32. The highest BCUT2D eigenvalue weighted by atomic mass is 35.5. The molecule has 2 aromatic rings. The number of nitrogens with zero attached hydrogens (tertiary/aromatic N) is 2. The minimum Gasteiger partial charge on any atom is -0.402 e. The second-order valence-electron chi connectivity index (χ2n) is 4.78. The van der Waals surface area contributed by atoms with Crippen LogP contribution in [0.3, 0.4) is 0 Å². The number of cyclic esters (lactones) is 1. The third kappa shape index (κ3) is 3.02. The Labute approximate surface area is 140 Å². The molecule has 0 atom stereocenters. The van der Waals surface area contributed by atoms with Crippen LogP contribution in [-0.4, -0.2) is 16.8 Å². The Hall–Kier alpha value is -3.06. The van der Waals surface area contributed by atoms with Crippen molar-refractivity contribution < 1.29 is 18.8 Å². The zero-order valence-corrected chi connectivity index (χ0v) is 12.7. The Morgan fingerprint density at radius 3 is 2.71 bits per heavy atom. The standard InChI is InChI=1S/C16H8ClFN2O4/c17-11-6-5-10(8-14(11)20(22)23)15-19-13(16(21)24-15)7-9-3-1-2-4-12(9)18/h1-8H/b13-7-. The maximum Gasteiger partial charge on any atom is 0.363 e. The maximum absolute atomic E-state index is 13.6. The number of benzene rings is 2. The van der Waals surface area contributed by atoms with E-state index in [1.807, 2.05) is 0 Å². The lowest BCUT2D eigenvalue weighted by Crippen LogP contribution is -2.06. The normalized spacial score (nSPS) is 15.3. The van der Waals surface area contributed by atoms with E-state index in [9.17, 15) is 19.3 Å². The van der Waals surface area contributed by atoms with Crippen molar-refractivity contribution in [3.8, 4) is 0 Å². The number of esters is 1. The Balaban J connectivity index is 2.00. The summed E-state index contributed by atoms with van der Waals surface area (Å²) >= 11 is 5.74. The van der Waals surface area contributed by atoms with Gasteiger partial charge in [0.2, 0.25) is 5.90 Å². The molecular formula is C16H8ClFN2O4. The molecule has 0 aromatic heterocycles. The molecule has 1 heterocycles. The van der Waals surface area contributed by atoms with Gasteiger partial charge in [-0.25, -0.2) is 14.2 Å². The fourth-order valence-electron chi connectivity index (χ4n) is 2.06. The van der Waals surface area contributed by atoms with Crippen LogP contribution in [0, 0.1) is 15.9 Å². The highest BCUT2D eigenvalue weighted by Gasteiger charge is 2.26. The first kappa shape index (κ1) is 15.8. The minimum absolute atomic E-state index is 0.0456. The lowest BCUT2D eigenvalue weighted by atomic mass is 10.2. The molecule has 120 valence electrons. The van der Waals surface area contributed by atoms with Gasteiger partial charge in [-0.05, 0) is 24.3 Å². The van der Waals surface area contributed by atoms with Crippen molar-refractivity contribution in [2.45, 2.75) is 0 Å². The van der Waals surface area contributed by atoms with Gasteiger partial charge in [0.1, 0.15) is 10.8 Å². The number of hydrogen-bond acceptors (Lipinski definition) is 5. The molecule has 0 radical (unpaired) electrons. The van der Waals surface area contributed by atoms with Crippen LogP contribution in [0.2, 0.25) is 5.02 Å². The number of rotatable bonds is 3. The quantitative estimate of drug-likeness (QED) is 0.367. The van der Waals surface area contributed by atoms with Gasteiger partial charge >= 0.3 is 5.97 Å². The first-order valence-electron chi connectivity index (χ1n) is 6.67. The summed E-state index contributed by atoms with van der Waals surface area (Å²) in [6.07, 6.45) is 1.25. The Morgan fingerprint density at radius 2 is 2.00 bits per heavy atom. The van der Waals surface area contributed by atoms with Gasteiger partial charge in [0.25, 0.3) is 5.69 Å². The number of carbonyl (C=O) groups excluding carboxylic acids is 1. The number of ether oxygens (including phenoxy) is 1. The largest absolute Gasteiger partial charge is 0.402 e. The third-order valence-electron chi connectivity index (χ3n) is 3.21. The summed E-state index contributed by atoms with van der Waals surface area (Å²) in [7, 11) is 0. The summed E-state index contributed by atoms with van der Waals surface area (Å²) in [5, 5.41) is 10.9. The summed E-state index contributed by atoms with van der Waals surface area (Å²) in [4.78, 5) is 26.1. The number of nitro groups is 1. The van der Waals surface area contributed by atoms with Crippen LogP contribution >= 0.6 is 11.6 Å². The number of nitro benzene ring substituents is 1. The Kier molecular flexibility index (Phi) is 4.09. The van der Waals surface area contributed by atoms with Gasteiger partial charge < -0.3 is 4.74 Å². The fraction of sp³-hybridized carbons (Fsp3) is 0. The molecule has 0 spiro atoms. The van der Waals surface area contributed by atoms with E-state index in [1.54, 1.807) is 6.07 Å². The predicted octanol–water partition coefficient (Wildman–Crippen LogP) is 3.73. The number of hydrogen-bond donors (Lipinski definition) is 0. The molecule has 0 N–H and O–H groups in total. The topological polar surface area (TPSA) is 81.8 Å². The average Bonchev–Trinajstić information content (AvgIpc) is 2.91. The maximum atomic E-state index is 13.6. The molecule has 8 heteroatoms. The van der Waals surface area contributed by atoms with E-state index in [4.69, 9.17) is 16.3 Å². The summed E-state index contributed by atoms with van der Waals surface area (Å²) in [5.41, 5.74) is -0.0416. The second-order valence-corrected chi connectivity index (χ2v) is 5.19. The summed E-state index contributed by atoms with van der Waals surface area (Å²) in [6, 6.07) is 9.77. The first-order valence-corrected chi connectivity index (χ1v) is 7.05. The molecule has 0 saturated carbocycles. The van der Waals surface area contributed by atoms with Crippen molar-refractivity contribution in [2.24, 2.45) is 4.99 Å². The molecule has 0 saturated heterocycles. The van der Waals surface area contributed by atoms with Crippen LogP contribution < -0.4 is 0 Å². The first-order chi connectivity index (χ1) is 11.5. The molecule has 3 rings (SSSR count). The molecule has 1 aliphatic rings. The van der Waals surface area contributed by atoms with E-state index >= 15 is 0 Å². The lowest BCUT2D eigenvalue weighted by Gasteiger charge is -2.00. The van der Waals surface area contributed by atoms with Crippen LogP contribution in [-0.2, 0) is 9.53 Å². The minimum atomic E-state index is -0.772. The molecular weight excluding hydrogens is 339 g/mol. The summed E-state index contributed by atoms with van der Waals surface area (Å²) in [6.45, 7) is 0. The third-order valence-corrected chi connectivity index (χ3v) is 3.53. The van der Waals surface area contributed by atoms with Crippen LogP contribution in [0.4, 0.5) is 10.1 Å². The molecule has 0 fully saturated rings. The van der Waals surface area contributed by atoms with Crippen molar-refractivity contribution in [1.29, 1.82) is 0 Å². The molecule has 0 aliphatic carbocycles. The van der Waals surface area contributed by atoms with Crippen molar-refractivity contribution in [3.63, 3.8) is 0 Å².